The van der Waals surface area contributed by atoms with E-state index in [4.69, 9.17) is 11.5 Å². The molecule has 1 rings (SSSR count). The molecular weight excluding hydrogens is 209 g/mol. The van der Waals surface area contributed by atoms with Gasteiger partial charge in [0.2, 0.25) is 0 Å². The van der Waals surface area contributed by atoms with Crippen LogP contribution in [0.3, 0.4) is 0 Å². The highest BCUT2D eigenvalue weighted by molar-refractivity contribution is 5.24. The van der Waals surface area contributed by atoms with Crippen LogP contribution in [-0.2, 0) is 0 Å². The van der Waals surface area contributed by atoms with E-state index in [9.17, 15) is 18.3 Å². The molecule has 1 aliphatic rings. The second-order valence-electron chi connectivity index (χ2n) is 3.63. The average Bonchev–Trinajstić information content (AvgIpc) is 2.07. The molecule has 3 nitrogen and oxygen atoms in total. The summed E-state index contributed by atoms with van der Waals surface area (Å²) in [7, 11) is 0. The molecule has 0 unspecified atom stereocenters. The van der Waals surface area contributed by atoms with Crippen molar-refractivity contribution in [3.05, 3.63) is 23.5 Å². The van der Waals surface area contributed by atoms with Gasteiger partial charge in [0.25, 0.3) is 0 Å². The third kappa shape index (κ3) is 2.65. The first kappa shape index (κ1) is 11.9. The maximum atomic E-state index is 12.0. The molecule has 0 atom stereocenters. The third-order valence-electron chi connectivity index (χ3n) is 2.49. The van der Waals surface area contributed by atoms with Crippen molar-refractivity contribution in [2.24, 2.45) is 11.5 Å². The summed E-state index contributed by atoms with van der Waals surface area (Å²) in [5.74, 6) is 0. The Morgan fingerprint density at radius 1 is 1.20 bits per heavy atom. The minimum Gasteiger partial charge on any atom is -0.400 e. The summed E-state index contributed by atoms with van der Waals surface area (Å²) < 4.78 is 35.9. The standard InChI is InChI=1S/C9H13F3N2O/c10-9(11,12)7(14)3-2-6(13)8(15)4-1-5-8/h2-3,15H,1,4-5,13-14H2/b6-2-,7-3-. The molecule has 0 aromatic carbocycles. The van der Waals surface area contributed by atoms with E-state index in [1.807, 2.05) is 0 Å². The molecule has 0 radical (unpaired) electrons. The van der Waals surface area contributed by atoms with Crippen LogP contribution in [0.15, 0.2) is 23.5 Å². The molecule has 0 amide bonds. The van der Waals surface area contributed by atoms with Gasteiger partial charge in [0, 0.05) is 5.70 Å². The summed E-state index contributed by atoms with van der Waals surface area (Å²) in [5, 5.41) is 9.65. The molecule has 1 aliphatic carbocycles. The Kier molecular flexibility index (Phi) is 2.99. The fourth-order valence-electron chi connectivity index (χ4n) is 1.23. The van der Waals surface area contributed by atoms with E-state index in [1.165, 1.54) is 0 Å². The van der Waals surface area contributed by atoms with Gasteiger partial charge in [0.15, 0.2) is 0 Å². The lowest BCUT2D eigenvalue weighted by Crippen LogP contribution is -2.42. The zero-order chi connectivity index (χ0) is 11.7. The van der Waals surface area contributed by atoms with E-state index < -0.39 is 17.5 Å². The largest absolute Gasteiger partial charge is 0.430 e. The fraction of sp³-hybridized carbons (Fsp3) is 0.556. The van der Waals surface area contributed by atoms with Crippen LogP contribution in [0.5, 0.6) is 0 Å². The topological polar surface area (TPSA) is 72.3 Å². The van der Waals surface area contributed by atoms with Gasteiger partial charge >= 0.3 is 6.18 Å². The minimum absolute atomic E-state index is 0.0287. The van der Waals surface area contributed by atoms with Crippen molar-refractivity contribution in [2.45, 2.75) is 31.0 Å². The van der Waals surface area contributed by atoms with Crippen LogP contribution >= 0.6 is 0 Å². The van der Waals surface area contributed by atoms with Gasteiger partial charge in [-0.05, 0) is 31.4 Å². The second kappa shape index (κ2) is 3.77. The predicted octanol–water partition coefficient (Wildman–Crippen LogP) is 1.15. The van der Waals surface area contributed by atoms with Crippen molar-refractivity contribution in [3.63, 3.8) is 0 Å². The molecule has 6 heteroatoms. The zero-order valence-electron chi connectivity index (χ0n) is 8.01. The van der Waals surface area contributed by atoms with E-state index in [1.54, 1.807) is 0 Å². The number of aliphatic hydroxyl groups is 1. The van der Waals surface area contributed by atoms with E-state index >= 15 is 0 Å². The van der Waals surface area contributed by atoms with E-state index in [0.29, 0.717) is 18.9 Å². The van der Waals surface area contributed by atoms with Crippen LogP contribution in [0.25, 0.3) is 0 Å². The molecule has 0 spiro atoms. The van der Waals surface area contributed by atoms with Crippen LogP contribution in [-0.4, -0.2) is 16.9 Å². The number of halogens is 3. The maximum absolute atomic E-state index is 12.0. The van der Waals surface area contributed by atoms with Gasteiger partial charge in [-0.15, -0.1) is 0 Å². The van der Waals surface area contributed by atoms with Crippen LogP contribution in [0.2, 0.25) is 0 Å². The zero-order valence-corrected chi connectivity index (χ0v) is 8.01. The molecule has 0 aromatic rings. The molecule has 86 valence electrons. The molecule has 0 saturated heterocycles. The quantitative estimate of drug-likeness (QED) is 0.613. The lowest BCUT2D eigenvalue weighted by molar-refractivity contribution is -0.0926. The SMILES string of the molecule is N/C(=C\C=C(/N)C1(O)CCC1)C(F)(F)F. The van der Waals surface area contributed by atoms with Gasteiger partial charge in [-0.1, -0.05) is 0 Å². The van der Waals surface area contributed by atoms with Gasteiger partial charge < -0.3 is 16.6 Å². The van der Waals surface area contributed by atoms with Crippen LogP contribution in [0.4, 0.5) is 13.2 Å². The highest BCUT2D eigenvalue weighted by Crippen LogP contribution is 2.35. The Labute approximate surface area is 85.2 Å². The summed E-state index contributed by atoms with van der Waals surface area (Å²) in [6, 6.07) is 0. The Bertz CT molecular complexity index is 303. The first-order chi connectivity index (χ1) is 6.76. The van der Waals surface area contributed by atoms with Gasteiger partial charge in [0.05, 0.1) is 0 Å². The lowest BCUT2D eigenvalue weighted by Gasteiger charge is -2.36. The Morgan fingerprint density at radius 3 is 2.07 bits per heavy atom. The van der Waals surface area contributed by atoms with Crippen molar-refractivity contribution >= 4 is 0 Å². The predicted molar refractivity (Wildman–Crippen MR) is 49.4 cm³/mol. The number of nitrogens with two attached hydrogens (primary N) is 2. The fourth-order valence-corrected chi connectivity index (χ4v) is 1.23. The smallest absolute Gasteiger partial charge is 0.400 e. The third-order valence-corrected chi connectivity index (χ3v) is 2.49. The molecule has 1 fully saturated rings. The summed E-state index contributed by atoms with van der Waals surface area (Å²) in [4.78, 5) is 0. The van der Waals surface area contributed by atoms with Crippen LogP contribution < -0.4 is 11.5 Å². The van der Waals surface area contributed by atoms with Crippen LogP contribution in [0.1, 0.15) is 19.3 Å². The Balaban J connectivity index is 2.72. The lowest BCUT2D eigenvalue weighted by atomic mass is 9.78. The number of alkyl halides is 3. The molecule has 0 aliphatic heterocycles. The highest BCUT2D eigenvalue weighted by atomic mass is 19.4. The summed E-state index contributed by atoms with van der Waals surface area (Å²) in [6.45, 7) is 0. The highest BCUT2D eigenvalue weighted by Gasteiger charge is 2.37. The summed E-state index contributed by atoms with van der Waals surface area (Å²) in [5.41, 5.74) is 7.87. The van der Waals surface area contributed by atoms with Gasteiger partial charge in [-0.3, -0.25) is 0 Å². The van der Waals surface area contributed by atoms with Crippen LogP contribution in [0, 0.1) is 0 Å². The van der Waals surface area contributed by atoms with Gasteiger partial charge in [-0.2, -0.15) is 13.2 Å². The number of allylic oxidation sites excluding steroid dienone is 3. The minimum atomic E-state index is -4.56. The first-order valence-electron chi connectivity index (χ1n) is 4.49. The molecule has 15 heavy (non-hydrogen) atoms. The monoisotopic (exact) mass is 222 g/mol. The van der Waals surface area contributed by atoms with E-state index in [0.717, 1.165) is 12.5 Å². The summed E-state index contributed by atoms with van der Waals surface area (Å²) >= 11 is 0. The van der Waals surface area contributed by atoms with Crippen molar-refractivity contribution in [3.8, 4) is 0 Å². The number of hydrogen-bond donors (Lipinski definition) is 3. The molecule has 5 N–H and O–H groups in total. The number of hydrogen-bond acceptors (Lipinski definition) is 3. The maximum Gasteiger partial charge on any atom is 0.430 e. The van der Waals surface area contributed by atoms with Gasteiger partial charge in [0.1, 0.15) is 11.3 Å². The average molecular weight is 222 g/mol. The molecule has 0 bridgehead atoms. The van der Waals surface area contributed by atoms with E-state index in [2.05, 4.69) is 0 Å². The summed E-state index contributed by atoms with van der Waals surface area (Å²) in [6.07, 6.45) is -1.08. The van der Waals surface area contributed by atoms with Crippen molar-refractivity contribution in [1.29, 1.82) is 0 Å². The van der Waals surface area contributed by atoms with Crippen molar-refractivity contribution < 1.29 is 18.3 Å². The molecule has 0 heterocycles. The normalized spacial score (nSPS) is 22.4. The number of rotatable bonds is 2. The van der Waals surface area contributed by atoms with Gasteiger partial charge in [-0.25, -0.2) is 0 Å². The Morgan fingerprint density at radius 2 is 1.73 bits per heavy atom. The molecule has 0 aromatic heterocycles. The molecular formula is C9H13F3N2O. The molecule has 1 saturated carbocycles. The first-order valence-corrected chi connectivity index (χ1v) is 4.49. The van der Waals surface area contributed by atoms with E-state index in [-0.39, 0.29) is 5.70 Å². The van der Waals surface area contributed by atoms with Crippen molar-refractivity contribution in [1.82, 2.24) is 0 Å². The van der Waals surface area contributed by atoms with Crippen molar-refractivity contribution in [2.75, 3.05) is 0 Å². The Hall–Kier alpha value is -1.17. The second-order valence-corrected chi connectivity index (χ2v) is 3.63.